The van der Waals surface area contributed by atoms with Gasteiger partial charge in [0.2, 0.25) is 5.60 Å². The fraction of sp³-hybridized carbons (Fsp3) is 0.769. The van der Waals surface area contributed by atoms with E-state index in [-0.39, 0.29) is 31.5 Å². The molecule has 0 heterocycles. The molecule has 0 radical (unpaired) electrons. The average Bonchev–Trinajstić information content (AvgIpc) is 3.08. The van der Waals surface area contributed by atoms with Crippen LogP contribution in [-0.4, -0.2) is 58.4 Å². The third-order valence-electron chi connectivity index (χ3n) is 10.2. The summed E-state index contributed by atoms with van der Waals surface area (Å²) in [4.78, 5) is 49.3. The van der Waals surface area contributed by atoms with Crippen molar-refractivity contribution < 1.29 is 52.0 Å². The van der Waals surface area contributed by atoms with E-state index in [2.05, 4.69) is 0 Å². The average molecular weight is 531 g/mol. The summed E-state index contributed by atoms with van der Waals surface area (Å²) in [5.41, 5.74) is -4.86. The second-order valence-electron chi connectivity index (χ2n) is 11.7. The first kappa shape index (κ1) is 27.6. The van der Waals surface area contributed by atoms with Crippen molar-refractivity contribution in [3.63, 3.8) is 0 Å². The number of rotatable bonds is 5. The maximum absolute atomic E-state index is 13.5. The van der Waals surface area contributed by atoms with Crippen LogP contribution in [0.25, 0.3) is 0 Å². The zero-order valence-corrected chi connectivity index (χ0v) is 21.2. The molecule has 0 unspecified atom stereocenters. The van der Waals surface area contributed by atoms with Gasteiger partial charge < -0.3 is 19.7 Å². The number of fused-ring (bicyclic) bond motifs is 5. The van der Waals surface area contributed by atoms with Gasteiger partial charge in [0, 0.05) is 25.2 Å². The highest BCUT2D eigenvalue weighted by Crippen LogP contribution is 2.70. The Bertz CT molecular complexity index is 1050. The van der Waals surface area contributed by atoms with Gasteiger partial charge >= 0.3 is 24.1 Å². The first-order valence-corrected chi connectivity index (χ1v) is 12.6. The minimum absolute atomic E-state index is 0.0444. The van der Waals surface area contributed by atoms with E-state index >= 15 is 0 Å². The molecule has 4 aliphatic rings. The Balaban J connectivity index is 1.89. The molecule has 3 saturated carbocycles. The topological polar surface area (TPSA) is 127 Å². The van der Waals surface area contributed by atoms with Crippen LogP contribution in [0.15, 0.2) is 11.6 Å². The van der Waals surface area contributed by atoms with E-state index in [0.717, 1.165) is 7.11 Å². The summed E-state index contributed by atoms with van der Waals surface area (Å²) in [6, 6.07) is 0. The summed E-state index contributed by atoms with van der Waals surface area (Å²) >= 11 is 0. The predicted molar refractivity (Wildman–Crippen MR) is 121 cm³/mol. The first-order chi connectivity index (χ1) is 17.0. The molecule has 0 amide bonds. The molecule has 0 bridgehead atoms. The first-order valence-electron chi connectivity index (χ1n) is 12.6. The molecule has 0 aromatic rings. The van der Waals surface area contributed by atoms with Crippen LogP contribution in [-0.2, 0) is 28.7 Å². The number of aliphatic carboxylic acids is 1. The number of aliphatic hydroxyl groups is 1. The lowest BCUT2D eigenvalue weighted by atomic mass is 9.43. The van der Waals surface area contributed by atoms with Crippen molar-refractivity contribution >= 4 is 23.7 Å². The van der Waals surface area contributed by atoms with Crippen molar-refractivity contribution in [2.24, 2.45) is 28.6 Å². The minimum Gasteiger partial charge on any atom is -0.481 e. The number of carboxylic acid groups (broad SMARTS) is 1. The molecule has 0 spiro atoms. The fourth-order valence-corrected chi connectivity index (χ4v) is 8.14. The monoisotopic (exact) mass is 530 g/mol. The smallest absolute Gasteiger partial charge is 0.481 e. The Morgan fingerprint density at radius 2 is 1.76 bits per heavy atom. The van der Waals surface area contributed by atoms with Crippen LogP contribution >= 0.6 is 0 Å². The van der Waals surface area contributed by atoms with Crippen LogP contribution in [0.4, 0.5) is 13.2 Å². The Morgan fingerprint density at radius 1 is 1.11 bits per heavy atom. The highest BCUT2D eigenvalue weighted by molar-refractivity contribution is 5.93. The molecule has 8 nitrogen and oxygen atoms in total. The normalized spacial score (nSPS) is 41.1. The molecule has 4 aliphatic carbocycles. The molecule has 2 N–H and O–H groups in total. The van der Waals surface area contributed by atoms with Crippen LogP contribution < -0.4 is 0 Å². The summed E-state index contributed by atoms with van der Waals surface area (Å²) in [6.07, 6.45) is -2.72. The summed E-state index contributed by atoms with van der Waals surface area (Å²) in [6.45, 7) is 3.72. The van der Waals surface area contributed by atoms with Crippen molar-refractivity contribution in [1.82, 2.24) is 0 Å². The largest absolute Gasteiger partial charge is 0.490 e. The fourth-order valence-electron chi connectivity index (χ4n) is 8.14. The second-order valence-corrected chi connectivity index (χ2v) is 11.7. The second kappa shape index (κ2) is 8.81. The van der Waals surface area contributed by atoms with Crippen molar-refractivity contribution in [3.8, 4) is 0 Å². The van der Waals surface area contributed by atoms with Gasteiger partial charge in [-0.2, -0.15) is 13.2 Å². The lowest BCUT2D eigenvalue weighted by molar-refractivity contribution is -0.244. The summed E-state index contributed by atoms with van der Waals surface area (Å²) in [5, 5.41) is 20.9. The highest BCUT2D eigenvalue weighted by Gasteiger charge is 2.72. The van der Waals surface area contributed by atoms with E-state index in [0.29, 0.717) is 31.3 Å². The zero-order chi connectivity index (χ0) is 27.6. The molecule has 37 heavy (non-hydrogen) atoms. The number of ketones is 1. The summed E-state index contributed by atoms with van der Waals surface area (Å²) in [7, 11) is 1.01. The highest BCUT2D eigenvalue weighted by atomic mass is 19.4. The van der Waals surface area contributed by atoms with Crippen LogP contribution in [0, 0.1) is 28.6 Å². The van der Waals surface area contributed by atoms with Crippen LogP contribution in [0.2, 0.25) is 0 Å². The molecule has 0 saturated heterocycles. The Morgan fingerprint density at radius 3 is 2.35 bits per heavy atom. The molecule has 4 rings (SSSR count). The van der Waals surface area contributed by atoms with Gasteiger partial charge in [-0.3, -0.25) is 9.59 Å². The van der Waals surface area contributed by atoms with Gasteiger partial charge in [-0.1, -0.05) is 19.4 Å². The number of esters is 2. The number of hydrogen-bond donors (Lipinski definition) is 2. The number of halogens is 3. The Hall–Kier alpha value is -2.43. The number of carboxylic acids is 1. The number of ether oxygens (including phenoxy) is 2. The van der Waals surface area contributed by atoms with Gasteiger partial charge in [0.1, 0.15) is 0 Å². The van der Waals surface area contributed by atoms with Crippen molar-refractivity contribution in [3.05, 3.63) is 11.6 Å². The van der Waals surface area contributed by atoms with E-state index < -0.39 is 70.3 Å². The molecule has 0 aromatic heterocycles. The standard InChI is InChI=1S/C26H33F3O8/c1-22-8-4-15(30)12-14(22)13-25(20(33)36-3,37-21(34)26(27,28)29)19-16(22)5-9-23(2)17(19)6-10-24(23,35)11-7-18(31)32/h12,16-17,19,35H,4-11,13H2,1-3H3,(H,31,32)/t16-,17-,19+,22-,23-,24+,25+/m0/s1. The number of carbonyl (C=O) groups excluding carboxylic acids is 3. The maximum Gasteiger partial charge on any atom is 0.490 e. The zero-order valence-electron chi connectivity index (χ0n) is 21.2. The Labute approximate surface area is 212 Å². The van der Waals surface area contributed by atoms with E-state index in [9.17, 15) is 42.6 Å². The van der Waals surface area contributed by atoms with Crippen molar-refractivity contribution in [1.29, 1.82) is 0 Å². The lowest BCUT2D eigenvalue weighted by Crippen LogP contribution is -2.67. The van der Waals surface area contributed by atoms with E-state index in [1.54, 1.807) is 6.92 Å². The molecular weight excluding hydrogens is 497 g/mol. The lowest BCUT2D eigenvalue weighted by Gasteiger charge is -2.63. The van der Waals surface area contributed by atoms with Gasteiger partial charge in [-0.25, -0.2) is 9.59 Å². The maximum atomic E-state index is 13.5. The van der Waals surface area contributed by atoms with Gasteiger partial charge in [0.15, 0.2) is 5.78 Å². The van der Waals surface area contributed by atoms with Crippen LogP contribution in [0.3, 0.4) is 0 Å². The third-order valence-corrected chi connectivity index (χ3v) is 10.2. The van der Waals surface area contributed by atoms with E-state index in [4.69, 9.17) is 9.47 Å². The predicted octanol–water partition coefficient (Wildman–Crippen LogP) is 3.74. The summed E-state index contributed by atoms with van der Waals surface area (Å²) in [5.74, 6) is -6.86. The molecule has 7 atom stereocenters. The van der Waals surface area contributed by atoms with Crippen molar-refractivity contribution in [2.45, 2.75) is 89.0 Å². The van der Waals surface area contributed by atoms with Crippen LogP contribution in [0.5, 0.6) is 0 Å². The van der Waals surface area contributed by atoms with Crippen molar-refractivity contribution in [2.75, 3.05) is 7.11 Å². The van der Waals surface area contributed by atoms with Gasteiger partial charge in [-0.15, -0.1) is 0 Å². The number of alkyl halides is 3. The minimum atomic E-state index is -5.37. The SMILES string of the molecule is COC(=O)[C@@]1(OC(=O)C(F)(F)F)CC2=CC(=O)CC[C@]2(C)[C@H]2CC[C@@]3(C)[C@@H](CC[C@@]3(O)CCC(=O)O)[C@@H]21. The quantitative estimate of drug-likeness (QED) is 0.515. The molecular formula is C26H33F3O8. The Kier molecular flexibility index (Phi) is 6.57. The number of hydrogen-bond acceptors (Lipinski definition) is 7. The molecule has 206 valence electrons. The van der Waals surface area contributed by atoms with Gasteiger partial charge in [0.25, 0.3) is 0 Å². The van der Waals surface area contributed by atoms with E-state index in [1.807, 2.05) is 6.92 Å². The molecule has 0 aliphatic heterocycles. The van der Waals surface area contributed by atoms with Gasteiger partial charge in [0.05, 0.1) is 12.7 Å². The molecule has 0 aromatic carbocycles. The van der Waals surface area contributed by atoms with Gasteiger partial charge in [-0.05, 0) is 67.3 Å². The number of carbonyl (C=O) groups is 4. The third kappa shape index (κ3) is 4.08. The molecule has 3 fully saturated rings. The van der Waals surface area contributed by atoms with Crippen LogP contribution in [0.1, 0.15) is 71.6 Å². The molecule has 11 heteroatoms. The summed E-state index contributed by atoms with van der Waals surface area (Å²) < 4.78 is 50.6. The number of methoxy groups -OCH3 is 1. The van der Waals surface area contributed by atoms with E-state index in [1.165, 1.54) is 6.08 Å².